The fraction of sp³-hybridized carbons (Fsp3) is 0.517. The van der Waals surface area contributed by atoms with E-state index in [1.807, 2.05) is 25.1 Å². The van der Waals surface area contributed by atoms with Crippen molar-refractivity contribution in [2.45, 2.75) is 45.9 Å². The van der Waals surface area contributed by atoms with Gasteiger partial charge >= 0.3 is 0 Å². The maximum Gasteiger partial charge on any atom is 0.260 e. The zero-order valence-corrected chi connectivity index (χ0v) is 26.4. The van der Waals surface area contributed by atoms with E-state index >= 15 is 0 Å². The third kappa shape index (κ3) is 7.15. The van der Waals surface area contributed by atoms with Crippen molar-refractivity contribution in [3.8, 4) is 5.75 Å². The minimum absolute atomic E-state index is 0. The van der Waals surface area contributed by atoms with Gasteiger partial charge in [0.1, 0.15) is 11.3 Å². The molecule has 2 aromatic carbocycles. The van der Waals surface area contributed by atoms with Crippen molar-refractivity contribution in [3.05, 3.63) is 48.0 Å². The largest absolute Gasteiger partial charge is 0.492 e. The molecule has 1 saturated heterocycles. The molecular weight excluding hydrogens is 568 g/mol. The Labute approximate surface area is 248 Å². The first-order valence-corrected chi connectivity index (χ1v) is 16.1. The number of sulfonamides is 1. The van der Waals surface area contributed by atoms with Crippen LogP contribution >= 0.6 is 23.7 Å². The number of thiazole rings is 1. The molecule has 1 aliphatic heterocycles. The van der Waals surface area contributed by atoms with Crippen molar-refractivity contribution in [1.29, 1.82) is 0 Å². The first-order valence-electron chi connectivity index (χ1n) is 13.8. The Bertz CT molecular complexity index is 1370. The number of rotatable bonds is 11. The molecule has 0 radical (unpaired) electrons. The van der Waals surface area contributed by atoms with Crippen molar-refractivity contribution >= 4 is 55.0 Å². The Kier molecular flexibility index (Phi) is 11.4. The zero-order valence-electron chi connectivity index (χ0n) is 24.0. The number of hydrogen-bond donors (Lipinski definition) is 0. The molecular formula is C29H41ClN4O4S2. The topological polar surface area (TPSA) is 83.0 Å². The number of benzene rings is 2. The number of para-hydroxylation sites is 1. The van der Waals surface area contributed by atoms with Crippen LogP contribution in [-0.2, 0) is 10.0 Å². The first-order chi connectivity index (χ1) is 18.7. The molecule has 0 bridgehead atoms. The van der Waals surface area contributed by atoms with Gasteiger partial charge in [-0.3, -0.25) is 9.69 Å². The summed E-state index contributed by atoms with van der Waals surface area (Å²) in [6, 6.07) is 12.2. The summed E-state index contributed by atoms with van der Waals surface area (Å²) in [5.74, 6) is 1.13. The SMILES string of the molecule is CCOc1cccc2sc(N(CCN(CC)CC)C(=O)c3ccc(S(=O)(=O)N4CC(C)CC(C)C4)cc3)nc12.Cl. The van der Waals surface area contributed by atoms with Gasteiger partial charge in [-0.25, -0.2) is 13.4 Å². The maximum absolute atomic E-state index is 13.9. The van der Waals surface area contributed by atoms with Crippen LogP contribution in [0.15, 0.2) is 47.4 Å². The minimum atomic E-state index is -3.62. The molecule has 8 nitrogen and oxygen atoms in total. The lowest BCUT2D eigenvalue weighted by Crippen LogP contribution is -2.42. The van der Waals surface area contributed by atoms with Gasteiger partial charge in [-0.05, 0) is 74.7 Å². The monoisotopic (exact) mass is 608 g/mol. The second-order valence-electron chi connectivity index (χ2n) is 10.3. The second kappa shape index (κ2) is 14.1. The highest BCUT2D eigenvalue weighted by Crippen LogP contribution is 2.35. The van der Waals surface area contributed by atoms with Gasteiger partial charge in [0.05, 0.1) is 16.2 Å². The van der Waals surface area contributed by atoms with Crippen LogP contribution in [0.1, 0.15) is 51.4 Å². The fourth-order valence-corrected chi connectivity index (χ4v) is 7.93. The molecule has 1 aromatic heterocycles. The summed E-state index contributed by atoms with van der Waals surface area (Å²) in [4.78, 5) is 22.9. The van der Waals surface area contributed by atoms with Gasteiger partial charge in [0, 0.05) is 31.7 Å². The van der Waals surface area contributed by atoms with Crippen molar-refractivity contribution in [3.63, 3.8) is 0 Å². The van der Waals surface area contributed by atoms with E-state index < -0.39 is 10.0 Å². The number of ether oxygens (including phenoxy) is 1. The Morgan fingerprint density at radius 2 is 1.68 bits per heavy atom. The van der Waals surface area contributed by atoms with Gasteiger partial charge in [-0.15, -0.1) is 12.4 Å². The molecule has 3 aromatic rings. The second-order valence-corrected chi connectivity index (χ2v) is 13.3. The number of carbonyl (C=O) groups is 1. The molecule has 2 atom stereocenters. The van der Waals surface area contributed by atoms with E-state index in [1.54, 1.807) is 33.5 Å². The molecule has 1 fully saturated rings. The first kappa shape index (κ1) is 32.3. The van der Waals surface area contributed by atoms with Gasteiger partial charge in [-0.2, -0.15) is 4.31 Å². The van der Waals surface area contributed by atoms with Crippen LogP contribution < -0.4 is 9.64 Å². The molecule has 2 heterocycles. The number of hydrogen-bond acceptors (Lipinski definition) is 7. The molecule has 1 aliphatic rings. The van der Waals surface area contributed by atoms with Crippen LogP contribution in [0.2, 0.25) is 0 Å². The summed E-state index contributed by atoms with van der Waals surface area (Å²) < 4.78 is 35.0. The Morgan fingerprint density at radius 1 is 1.02 bits per heavy atom. The predicted octanol–water partition coefficient (Wildman–Crippen LogP) is 5.77. The number of amides is 1. The molecule has 1 amide bonds. The summed E-state index contributed by atoms with van der Waals surface area (Å²) in [5.41, 5.74) is 1.17. The lowest BCUT2D eigenvalue weighted by atomic mass is 9.94. The Hall–Kier alpha value is -2.24. The normalized spacial score (nSPS) is 18.1. The maximum atomic E-state index is 13.9. The number of halogens is 1. The van der Waals surface area contributed by atoms with E-state index in [-0.39, 0.29) is 23.2 Å². The van der Waals surface area contributed by atoms with Crippen LogP contribution in [0.5, 0.6) is 5.75 Å². The molecule has 4 rings (SSSR count). The van der Waals surface area contributed by atoms with Gasteiger partial charge < -0.3 is 9.64 Å². The number of nitrogens with zero attached hydrogens (tertiary/aromatic N) is 4. The Balaban J connectivity index is 0.00000441. The summed E-state index contributed by atoms with van der Waals surface area (Å²) in [6.45, 7) is 14.8. The van der Waals surface area contributed by atoms with Crippen molar-refractivity contribution in [2.75, 3.05) is 50.8 Å². The average Bonchev–Trinajstić information content (AvgIpc) is 3.35. The lowest BCUT2D eigenvalue weighted by Gasteiger charge is -2.34. The number of carbonyl (C=O) groups excluding carboxylic acids is 1. The van der Waals surface area contributed by atoms with Gasteiger partial charge in [0.15, 0.2) is 5.13 Å². The fourth-order valence-electron chi connectivity index (χ4n) is 5.24. The number of likely N-dealkylation sites (N-methyl/N-ethyl adjacent to an activating group) is 1. The van der Waals surface area contributed by atoms with Crippen LogP contribution in [0.25, 0.3) is 10.2 Å². The van der Waals surface area contributed by atoms with Gasteiger partial charge in [-0.1, -0.05) is 45.1 Å². The van der Waals surface area contributed by atoms with E-state index in [9.17, 15) is 13.2 Å². The highest BCUT2D eigenvalue weighted by atomic mass is 35.5. The molecule has 2 unspecified atom stereocenters. The quantitative estimate of drug-likeness (QED) is 0.275. The summed E-state index contributed by atoms with van der Waals surface area (Å²) >= 11 is 1.45. The molecule has 40 heavy (non-hydrogen) atoms. The molecule has 220 valence electrons. The summed E-state index contributed by atoms with van der Waals surface area (Å²) in [5, 5.41) is 0.599. The molecule has 11 heteroatoms. The van der Waals surface area contributed by atoms with E-state index in [2.05, 4.69) is 32.6 Å². The summed E-state index contributed by atoms with van der Waals surface area (Å²) in [6.07, 6.45) is 1.03. The van der Waals surface area contributed by atoms with E-state index in [4.69, 9.17) is 9.72 Å². The number of fused-ring (bicyclic) bond motifs is 1. The smallest absolute Gasteiger partial charge is 0.260 e. The van der Waals surface area contributed by atoms with Crippen LogP contribution in [-0.4, -0.2) is 74.4 Å². The summed E-state index contributed by atoms with van der Waals surface area (Å²) in [7, 11) is -3.62. The van der Waals surface area contributed by atoms with E-state index in [0.29, 0.717) is 61.1 Å². The standard InChI is InChI=1S/C29H40N4O4S2.ClH/c1-6-31(7-2)16-17-33(29-30-27-25(37-8-3)10-9-11-26(27)38-29)28(34)23-12-14-24(15-13-23)39(35,36)32-19-21(4)18-22(5)20-32;/h9-15,21-22H,6-8,16-20H2,1-5H3;1H. The zero-order chi connectivity index (χ0) is 28.2. The highest BCUT2D eigenvalue weighted by molar-refractivity contribution is 7.89. The predicted molar refractivity (Wildman–Crippen MR) is 166 cm³/mol. The van der Waals surface area contributed by atoms with Crippen LogP contribution in [0.3, 0.4) is 0 Å². The molecule has 0 saturated carbocycles. The van der Waals surface area contributed by atoms with E-state index in [0.717, 1.165) is 29.7 Å². The van der Waals surface area contributed by atoms with Gasteiger partial charge in [0.25, 0.3) is 5.91 Å². The van der Waals surface area contributed by atoms with Crippen molar-refractivity contribution < 1.29 is 17.9 Å². The lowest BCUT2D eigenvalue weighted by molar-refractivity contribution is 0.0983. The van der Waals surface area contributed by atoms with Gasteiger partial charge in [0.2, 0.25) is 10.0 Å². The number of aromatic nitrogens is 1. The molecule has 0 aliphatic carbocycles. The minimum Gasteiger partial charge on any atom is -0.492 e. The van der Waals surface area contributed by atoms with Crippen LogP contribution in [0.4, 0.5) is 5.13 Å². The number of piperidine rings is 1. The average molecular weight is 609 g/mol. The molecule has 0 N–H and O–H groups in total. The third-order valence-corrected chi connectivity index (χ3v) is 10.1. The van der Waals surface area contributed by atoms with Crippen molar-refractivity contribution in [1.82, 2.24) is 14.2 Å². The Morgan fingerprint density at radius 3 is 2.27 bits per heavy atom. The third-order valence-electron chi connectivity index (χ3n) is 7.26. The van der Waals surface area contributed by atoms with E-state index in [1.165, 1.54) is 11.3 Å². The van der Waals surface area contributed by atoms with Crippen molar-refractivity contribution in [2.24, 2.45) is 11.8 Å². The highest BCUT2D eigenvalue weighted by Gasteiger charge is 2.32. The molecule has 0 spiro atoms. The number of anilines is 1. The van der Waals surface area contributed by atoms with Crippen LogP contribution in [0, 0.1) is 11.8 Å².